The lowest BCUT2D eigenvalue weighted by Gasteiger charge is -2.11. The first-order valence-electron chi connectivity index (χ1n) is 9.36. The number of ether oxygens (including phenoxy) is 1. The van der Waals surface area contributed by atoms with Gasteiger partial charge in [0.1, 0.15) is 0 Å². The molecule has 0 spiro atoms. The number of carbonyl (C=O) groups is 2. The molecule has 0 radical (unpaired) electrons. The quantitative estimate of drug-likeness (QED) is 0.374. The summed E-state index contributed by atoms with van der Waals surface area (Å²) in [6, 6.07) is 17.7. The Hall–Kier alpha value is -3.71. The molecule has 3 rings (SSSR count). The molecule has 0 aliphatic heterocycles. The number of carbonyl (C=O) groups excluding carboxylic acids is 2. The maximum atomic E-state index is 12.1. The zero-order valence-corrected chi connectivity index (χ0v) is 17.0. The molecule has 2 aromatic carbocycles. The van der Waals surface area contributed by atoms with Gasteiger partial charge in [-0.25, -0.2) is 10.2 Å². The van der Waals surface area contributed by atoms with Crippen molar-refractivity contribution < 1.29 is 19.4 Å². The predicted molar refractivity (Wildman–Crippen MR) is 114 cm³/mol. The molecule has 0 bridgehead atoms. The van der Waals surface area contributed by atoms with E-state index in [0.717, 1.165) is 22.6 Å². The van der Waals surface area contributed by atoms with Crippen LogP contribution in [0, 0.1) is 13.8 Å². The SMILES string of the molecule is COC(=O)c1cccc(-n2c(C)cc(/C=N\NC(=O)[C@@H](O)c3ccccc3)c2C)c1. The smallest absolute Gasteiger partial charge is 0.337 e. The van der Waals surface area contributed by atoms with Crippen molar-refractivity contribution in [2.45, 2.75) is 20.0 Å². The highest BCUT2D eigenvalue weighted by molar-refractivity contribution is 5.90. The lowest BCUT2D eigenvalue weighted by Crippen LogP contribution is -2.25. The number of aliphatic hydroxyl groups is 1. The van der Waals surface area contributed by atoms with Crippen LogP contribution in [0.3, 0.4) is 0 Å². The van der Waals surface area contributed by atoms with Gasteiger partial charge in [-0.05, 0) is 43.7 Å². The lowest BCUT2D eigenvalue weighted by atomic mass is 10.1. The molecule has 0 aliphatic carbocycles. The van der Waals surface area contributed by atoms with Gasteiger partial charge in [-0.2, -0.15) is 5.10 Å². The minimum atomic E-state index is -1.29. The summed E-state index contributed by atoms with van der Waals surface area (Å²) in [5.74, 6) is -1.02. The van der Waals surface area contributed by atoms with Gasteiger partial charge in [-0.15, -0.1) is 0 Å². The van der Waals surface area contributed by atoms with Crippen LogP contribution in [0.2, 0.25) is 0 Å². The second-order valence-corrected chi connectivity index (χ2v) is 6.75. The van der Waals surface area contributed by atoms with Gasteiger partial charge in [-0.1, -0.05) is 36.4 Å². The molecule has 30 heavy (non-hydrogen) atoms. The third-order valence-corrected chi connectivity index (χ3v) is 4.74. The Bertz CT molecular complexity index is 1090. The number of esters is 1. The Balaban J connectivity index is 1.77. The van der Waals surface area contributed by atoms with Crippen LogP contribution in [0.25, 0.3) is 5.69 Å². The number of aryl methyl sites for hydroxylation is 1. The normalized spacial score (nSPS) is 12.0. The van der Waals surface area contributed by atoms with Crippen LogP contribution in [0.5, 0.6) is 0 Å². The van der Waals surface area contributed by atoms with E-state index in [2.05, 4.69) is 10.5 Å². The van der Waals surface area contributed by atoms with Crippen LogP contribution in [-0.2, 0) is 9.53 Å². The van der Waals surface area contributed by atoms with Crippen LogP contribution >= 0.6 is 0 Å². The van der Waals surface area contributed by atoms with E-state index in [9.17, 15) is 14.7 Å². The van der Waals surface area contributed by atoms with E-state index in [-0.39, 0.29) is 0 Å². The first-order valence-corrected chi connectivity index (χ1v) is 9.36. The predicted octanol–water partition coefficient (Wildman–Crippen LogP) is 3.06. The van der Waals surface area contributed by atoms with Gasteiger partial charge >= 0.3 is 5.97 Å². The molecule has 0 fully saturated rings. The number of amides is 1. The Kier molecular flexibility index (Phi) is 6.44. The fourth-order valence-corrected chi connectivity index (χ4v) is 3.22. The summed E-state index contributed by atoms with van der Waals surface area (Å²) in [5.41, 5.74) is 6.75. The van der Waals surface area contributed by atoms with Crippen molar-refractivity contribution in [3.05, 3.63) is 88.7 Å². The molecule has 7 heteroatoms. The summed E-state index contributed by atoms with van der Waals surface area (Å²) < 4.78 is 6.77. The Morgan fingerprint density at radius 1 is 1.10 bits per heavy atom. The first kappa shape index (κ1) is 21.0. The molecule has 154 valence electrons. The largest absolute Gasteiger partial charge is 0.465 e. The fraction of sp³-hybridized carbons (Fsp3) is 0.174. The third-order valence-electron chi connectivity index (χ3n) is 4.74. The molecule has 2 N–H and O–H groups in total. The van der Waals surface area contributed by atoms with Crippen LogP contribution in [0.15, 0.2) is 65.8 Å². The molecule has 7 nitrogen and oxygen atoms in total. The van der Waals surface area contributed by atoms with Crippen molar-refractivity contribution in [2.24, 2.45) is 5.10 Å². The monoisotopic (exact) mass is 405 g/mol. The standard InChI is InChI=1S/C23H23N3O4/c1-15-12-19(14-24-25-22(28)21(27)17-8-5-4-6-9-17)16(2)26(15)20-11-7-10-18(13-20)23(29)30-3/h4-14,21,27H,1-3H3,(H,25,28)/b24-14-/t21-/m0/s1. The summed E-state index contributed by atoms with van der Waals surface area (Å²) in [4.78, 5) is 23.9. The first-order chi connectivity index (χ1) is 14.4. The number of benzene rings is 2. The van der Waals surface area contributed by atoms with Crippen molar-refractivity contribution in [3.63, 3.8) is 0 Å². The van der Waals surface area contributed by atoms with Crippen molar-refractivity contribution >= 4 is 18.1 Å². The van der Waals surface area contributed by atoms with Crippen molar-refractivity contribution in [2.75, 3.05) is 7.11 Å². The number of hydrazone groups is 1. The number of nitrogens with zero attached hydrogens (tertiary/aromatic N) is 2. The molecule has 3 aromatic rings. The van der Waals surface area contributed by atoms with Crippen molar-refractivity contribution in [1.29, 1.82) is 0 Å². The van der Waals surface area contributed by atoms with E-state index in [0.29, 0.717) is 11.1 Å². The van der Waals surface area contributed by atoms with Crippen LogP contribution < -0.4 is 5.43 Å². The topological polar surface area (TPSA) is 92.9 Å². The molecule has 0 aliphatic rings. The van der Waals surface area contributed by atoms with Gasteiger partial charge in [-0.3, -0.25) is 4.79 Å². The maximum absolute atomic E-state index is 12.1. The zero-order chi connectivity index (χ0) is 21.7. The van der Waals surface area contributed by atoms with E-state index < -0.39 is 18.0 Å². The van der Waals surface area contributed by atoms with E-state index in [1.54, 1.807) is 42.5 Å². The molecule has 1 aromatic heterocycles. The highest BCUT2D eigenvalue weighted by atomic mass is 16.5. The highest BCUT2D eigenvalue weighted by Gasteiger charge is 2.16. The summed E-state index contributed by atoms with van der Waals surface area (Å²) in [5, 5.41) is 14.1. The number of rotatable bonds is 6. The molecular weight excluding hydrogens is 382 g/mol. The number of methoxy groups -OCH3 is 1. The molecular formula is C23H23N3O4. The minimum Gasteiger partial charge on any atom is -0.465 e. The molecule has 0 saturated heterocycles. The summed E-state index contributed by atoms with van der Waals surface area (Å²) in [6.45, 7) is 3.85. The second-order valence-electron chi connectivity index (χ2n) is 6.75. The van der Waals surface area contributed by atoms with Gasteiger partial charge in [0.05, 0.1) is 18.9 Å². The van der Waals surface area contributed by atoms with Crippen molar-refractivity contribution in [1.82, 2.24) is 9.99 Å². The van der Waals surface area contributed by atoms with Crippen molar-refractivity contribution in [3.8, 4) is 5.69 Å². The van der Waals surface area contributed by atoms with Gasteiger partial charge in [0.2, 0.25) is 0 Å². The molecule has 1 atom stereocenters. The lowest BCUT2D eigenvalue weighted by molar-refractivity contribution is -0.129. The minimum absolute atomic E-state index is 0.402. The van der Waals surface area contributed by atoms with Gasteiger partial charge < -0.3 is 14.4 Å². The van der Waals surface area contributed by atoms with Gasteiger partial charge in [0.25, 0.3) is 5.91 Å². The Morgan fingerprint density at radius 2 is 1.83 bits per heavy atom. The fourth-order valence-electron chi connectivity index (χ4n) is 3.22. The summed E-state index contributed by atoms with van der Waals surface area (Å²) in [7, 11) is 1.35. The molecule has 0 saturated carbocycles. The van der Waals surface area contributed by atoms with Crippen LogP contribution in [0.1, 0.15) is 39.0 Å². The average Bonchev–Trinajstić information content (AvgIpc) is 3.06. The number of hydrogen-bond donors (Lipinski definition) is 2. The molecule has 1 heterocycles. The summed E-state index contributed by atoms with van der Waals surface area (Å²) in [6.07, 6.45) is 0.232. The molecule has 0 unspecified atom stereocenters. The summed E-state index contributed by atoms with van der Waals surface area (Å²) >= 11 is 0. The third kappa shape index (κ3) is 4.47. The number of hydrogen-bond acceptors (Lipinski definition) is 5. The van der Waals surface area contributed by atoms with Gasteiger partial charge in [0, 0.05) is 22.6 Å². The number of nitrogens with one attached hydrogen (secondary N) is 1. The average molecular weight is 405 g/mol. The van der Waals surface area contributed by atoms with E-state index in [1.807, 2.05) is 36.6 Å². The molecule has 1 amide bonds. The van der Waals surface area contributed by atoms with E-state index in [1.165, 1.54) is 13.3 Å². The number of aromatic nitrogens is 1. The van der Waals surface area contributed by atoms with Gasteiger partial charge in [0.15, 0.2) is 6.10 Å². The van der Waals surface area contributed by atoms with E-state index in [4.69, 9.17) is 4.74 Å². The van der Waals surface area contributed by atoms with Crippen LogP contribution in [0.4, 0.5) is 0 Å². The Labute approximate surface area is 174 Å². The zero-order valence-electron chi connectivity index (χ0n) is 17.0. The number of aliphatic hydroxyl groups excluding tert-OH is 1. The van der Waals surface area contributed by atoms with E-state index >= 15 is 0 Å². The van der Waals surface area contributed by atoms with Crippen LogP contribution in [-0.4, -0.2) is 34.9 Å². The second kappa shape index (κ2) is 9.19. The Morgan fingerprint density at radius 3 is 2.53 bits per heavy atom. The highest BCUT2D eigenvalue weighted by Crippen LogP contribution is 2.21. The maximum Gasteiger partial charge on any atom is 0.337 e.